The van der Waals surface area contributed by atoms with Crippen molar-refractivity contribution in [3.05, 3.63) is 24.3 Å². The van der Waals surface area contributed by atoms with Crippen LogP contribution in [0.2, 0.25) is 0 Å². The lowest BCUT2D eigenvalue weighted by Crippen LogP contribution is -2.58. The highest BCUT2D eigenvalue weighted by atomic mass is 32.2. The molecule has 2 saturated carbocycles. The van der Waals surface area contributed by atoms with Crippen molar-refractivity contribution in [1.29, 1.82) is 0 Å². The molecular weight excluding hydrogens is 300 g/mol. The molecule has 4 nitrogen and oxygen atoms in total. The van der Waals surface area contributed by atoms with Crippen molar-refractivity contribution in [1.82, 2.24) is 0 Å². The van der Waals surface area contributed by atoms with E-state index in [2.05, 4.69) is 0 Å². The van der Waals surface area contributed by atoms with Crippen LogP contribution in [-0.4, -0.2) is 34.6 Å². The predicted octanol–water partition coefficient (Wildman–Crippen LogP) is 2.62. The number of methoxy groups -OCH3 is 1. The lowest BCUT2D eigenvalue weighted by Gasteiger charge is -2.46. The molecule has 1 aromatic carbocycles. The predicted molar refractivity (Wildman–Crippen MR) is 84.2 cm³/mol. The van der Waals surface area contributed by atoms with Crippen LogP contribution in [0.25, 0.3) is 0 Å². The fourth-order valence-electron chi connectivity index (χ4n) is 3.62. The van der Waals surface area contributed by atoms with Crippen LogP contribution >= 0.6 is 11.8 Å². The SMILES string of the molecule is COc1cccc(SC2C(=O)CC[C@@]3(C)C(=O)CCC23O)c1. The average molecular weight is 320 g/mol. The maximum atomic E-state index is 12.4. The van der Waals surface area contributed by atoms with Crippen molar-refractivity contribution >= 4 is 23.3 Å². The zero-order valence-corrected chi connectivity index (χ0v) is 13.6. The number of hydrogen-bond donors (Lipinski definition) is 1. The van der Waals surface area contributed by atoms with E-state index in [1.807, 2.05) is 31.2 Å². The van der Waals surface area contributed by atoms with Gasteiger partial charge >= 0.3 is 0 Å². The van der Waals surface area contributed by atoms with Crippen molar-refractivity contribution in [2.75, 3.05) is 7.11 Å². The lowest BCUT2D eigenvalue weighted by molar-refractivity contribution is -0.147. The first-order valence-electron chi connectivity index (χ1n) is 7.50. The summed E-state index contributed by atoms with van der Waals surface area (Å²) in [7, 11) is 1.59. The normalized spacial score (nSPS) is 34.6. The Morgan fingerprint density at radius 2 is 2.05 bits per heavy atom. The molecule has 0 saturated heterocycles. The molecule has 0 aromatic heterocycles. The Bertz CT molecular complexity index is 629. The van der Waals surface area contributed by atoms with Gasteiger partial charge in [0.15, 0.2) is 0 Å². The van der Waals surface area contributed by atoms with E-state index < -0.39 is 16.3 Å². The minimum Gasteiger partial charge on any atom is -0.497 e. The van der Waals surface area contributed by atoms with Crippen molar-refractivity contribution in [3.63, 3.8) is 0 Å². The summed E-state index contributed by atoms with van der Waals surface area (Å²) in [4.78, 5) is 25.5. The number of ether oxygens (including phenoxy) is 1. The van der Waals surface area contributed by atoms with Gasteiger partial charge in [0.25, 0.3) is 0 Å². The number of hydrogen-bond acceptors (Lipinski definition) is 5. The van der Waals surface area contributed by atoms with Gasteiger partial charge in [0, 0.05) is 17.7 Å². The Morgan fingerprint density at radius 1 is 1.27 bits per heavy atom. The van der Waals surface area contributed by atoms with E-state index in [0.717, 1.165) is 4.90 Å². The molecule has 2 fully saturated rings. The van der Waals surface area contributed by atoms with Crippen LogP contribution in [-0.2, 0) is 9.59 Å². The second kappa shape index (κ2) is 5.39. The largest absolute Gasteiger partial charge is 0.497 e. The molecule has 0 aliphatic heterocycles. The quantitative estimate of drug-likeness (QED) is 0.927. The van der Waals surface area contributed by atoms with Crippen LogP contribution in [0.5, 0.6) is 5.75 Å². The van der Waals surface area contributed by atoms with E-state index in [9.17, 15) is 14.7 Å². The lowest BCUT2D eigenvalue weighted by atomic mass is 9.65. The highest BCUT2D eigenvalue weighted by Gasteiger charge is 2.64. The molecule has 1 N–H and O–H groups in total. The molecule has 2 aliphatic carbocycles. The number of carbonyl (C=O) groups is 2. The number of carbonyl (C=O) groups excluding carboxylic acids is 2. The van der Waals surface area contributed by atoms with E-state index in [4.69, 9.17) is 4.74 Å². The Kier molecular flexibility index (Phi) is 3.81. The number of thioether (sulfide) groups is 1. The van der Waals surface area contributed by atoms with Crippen molar-refractivity contribution in [2.45, 2.75) is 48.4 Å². The molecule has 3 atom stereocenters. The van der Waals surface area contributed by atoms with Gasteiger partial charge < -0.3 is 9.84 Å². The molecule has 0 spiro atoms. The summed E-state index contributed by atoms with van der Waals surface area (Å²) >= 11 is 1.35. The monoisotopic (exact) mass is 320 g/mol. The first-order chi connectivity index (χ1) is 10.4. The molecular formula is C17H20O4S. The fourth-order valence-corrected chi connectivity index (χ4v) is 5.05. The van der Waals surface area contributed by atoms with Crippen LogP contribution in [0.1, 0.15) is 32.6 Å². The summed E-state index contributed by atoms with van der Waals surface area (Å²) in [5.41, 5.74) is -2.04. The topological polar surface area (TPSA) is 63.6 Å². The number of rotatable bonds is 3. The molecule has 5 heteroatoms. The van der Waals surface area contributed by atoms with Gasteiger partial charge in [-0.2, -0.15) is 0 Å². The second-order valence-corrected chi connectivity index (χ2v) is 7.50. The minimum absolute atomic E-state index is 0.0301. The zero-order valence-electron chi connectivity index (χ0n) is 12.8. The summed E-state index contributed by atoms with van der Waals surface area (Å²) in [5, 5.41) is 10.6. The molecule has 0 heterocycles. The molecule has 0 bridgehead atoms. The Balaban J connectivity index is 1.94. The van der Waals surface area contributed by atoms with E-state index in [0.29, 0.717) is 31.4 Å². The first kappa shape index (κ1) is 15.6. The van der Waals surface area contributed by atoms with E-state index in [1.54, 1.807) is 7.11 Å². The van der Waals surface area contributed by atoms with Gasteiger partial charge in [0.2, 0.25) is 0 Å². The summed E-state index contributed by atoms with van der Waals surface area (Å²) in [6.07, 6.45) is 1.54. The van der Waals surface area contributed by atoms with Gasteiger partial charge in [-0.1, -0.05) is 6.07 Å². The fraction of sp³-hybridized carbons (Fsp3) is 0.529. The molecule has 2 aliphatic rings. The Labute approximate surface area is 134 Å². The Hall–Kier alpha value is -1.33. The second-order valence-electron chi connectivity index (χ2n) is 6.32. The average Bonchev–Trinajstić information content (AvgIpc) is 2.76. The first-order valence-corrected chi connectivity index (χ1v) is 8.38. The van der Waals surface area contributed by atoms with Crippen molar-refractivity contribution < 1.29 is 19.4 Å². The number of fused-ring (bicyclic) bond motifs is 1. The molecule has 22 heavy (non-hydrogen) atoms. The van der Waals surface area contributed by atoms with Crippen LogP contribution < -0.4 is 4.74 Å². The van der Waals surface area contributed by atoms with Gasteiger partial charge in [-0.3, -0.25) is 9.59 Å². The molecule has 118 valence electrons. The summed E-state index contributed by atoms with van der Waals surface area (Å²) < 4.78 is 5.20. The van der Waals surface area contributed by atoms with Crippen LogP contribution in [0, 0.1) is 5.41 Å². The van der Waals surface area contributed by atoms with Crippen molar-refractivity contribution in [3.8, 4) is 5.75 Å². The maximum Gasteiger partial charge on any atom is 0.149 e. The van der Waals surface area contributed by atoms with E-state index >= 15 is 0 Å². The third-order valence-electron chi connectivity index (χ3n) is 5.20. The molecule has 0 radical (unpaired) electrons. The molecule has 2 unspecified atom stereocenters. The third kappa shape index (κ3) is 2.18. The van der Waals surface area contributed by atoms with E-state index in [-0.39, 0.29) is 11.6 Å². The van der Waals surface area contributed by atoms with E-state index in [1.165, 1.54) is 11.8 Å². The molecule has 1 aromatic rings. The number of aliphatic hydroxyl groups is 1. The van der Waals surface area contributed by atoms with Gasteiger partial charge in [0.05, 0.1) is 23.4 Å². The third-order valence-corrected chi connectivity index (χ3v) is 6.61. The highest BCUT2D eigenvalue weighted by molar-refractivity contribution is 8.00. The summed E-state index contributed by atoms with van der Waals surface area (Å²) in [6.45, 7) is 1.81. The maximum absolute atomic E-state index is 12.4. The highest BCUT2D eigenvalue weighted by Crippen LogP contribution is 2.55. The van der Waals surface area contributed by atoms with Gasteiger partial charge in [-0.25, -0.2) is 0 Å². The number of benzene rings is 1. The Morgan fingerprint density at radius 3 is 2.77 bits per heavy atom. The van der Waals surface area contributed by atoms with Gasteiger partial charge in [0.1, 0.15) is 17.3 Å². The zero-order chi connectivity index (χ0) is 16.0. The van der Waals surface area contributed by atoms with Crippen LogP contribution in [0.4, 0.5) is 0 Å². The number of ketones is 2. The summed E-state index contributed by atoms with van der Waals surface area (Å²) in [6, 6.07) is 7.44. The number of Topliss-reactive ketones (excluding diaryl/α,β-unsaturated/α-hetero) is 2. The van der Waals surface area contributed by atoms with Gasteiger partial charge in [-0.15, -0.1) is 11.8 Å². The molecule has 3 rings (SSSR count). The smallest absolute Gasteiger partial charge is 0.149 e. The van der Waals surface area contributed by atoms with Crippen LogP contribution in [0.15, 0.2) is 29.2 Å². The standard InChI is InChI=1S/C17H20O4S/c1-16-8-6-13(18)15(17(16,20)9-7-14(16)19)22-12-5-3-4-11(10-12)21-2/h3-5,10,15,20H,6-9H2,1-2H3/t15?,16-,17?/m0/s1. The minimum atomic E-state index is -1.24. The molecule has 0 amide bonds. The van der Waals surface area contributed by atoms with Crippen LogP contribution in [0.3, 0.4) is 0 Å². The van der Waals surface area contributed by atoms with Gasteiger partial charge in [-0.05, 0) is 38.0 Å². The van der Waals surface area contributed by atoms with Crippen molar-refractivity contribution in [2.24, 2.45) is 5.41 Å². The summed E-state index contributed by atoms with van der Waals surface area (Å²) in [5.74, 6) is 0.826.